The molecule has 0 aliphatic heterocycles. The van der Waals surface area contributed by atoms with Crippen LogP contribution in [0.25, 0.3) is 0 Å². The molecule has 0 heterocycles. The van der Waals surface area contributed by atoms with Crippen molar-refractivity contribution in [2.75, 3.05) is 0 Å². The summed E-state index contributed by atoms with van der Waals surface area (Å²) in [5, 5.41) is 10.7. The molecule has 0 rings (SSSR count). The Balaban J connectivity index is 4.60. The lowest BCUT2D eigenvalue weighted by Crippen LogP contribution is -2.19. The fourth-order valence-corrected chi connectivity index (χ4v) is 0.626. The predicted molar refractivity (Wildman–Crippen MR) is 44.8 cm³/mol. The van der Waals surface area contributed by atoms with Gasteiger partial charge < -0.3 is 10.4 Å². The molecule has 0 aliphatic rings. The molecule has 0 saturated carbocycles. The number of amides is 1. The molecule has 0 bridgehead atoms. The van der Waals surface area contributed by atoms with Gasteiger partial charge in [0.25, 0.3) is 0 Å². The van der Waals surface area contributed by atoms with E-state index in [1.54, 1.807) is 6.92 Å². The van der Waals surface area contributed by atoms with Gasteiger partial charge in [-0.3, -0.25) is 9.59 Å². The zero-order valence-corrected chi connectivity index (χ0v) is 7.46. The van der Waals surface area contributed by atoms with Crippen molar-refractivity contribution in [1.82, 2.24) is 5.32 Å². The minimum Gasteiger partial charge on any atom is -0.478 e. The lowest BCUT2D eigenvalue weighted by molar-refractivity contribution is -0.134. The molecule has 0 aliphatic carbocycles. The number of rotatable bonds is 4. The zero-order chi connectivity index (χ0) is 10.4. The molecule has 0 aromatic carbocycles. The van der Waals surface area contributed by atoms with Crippen LogP contribution in [0.2, 0.25) is 0 Å². The van der Waals surface area contributed by atoms with E-state index in [4.69, 9.17) is 5.11 Å². The standard InChI is InChI=1S/C8H11NO4/c1-3-7(11)6(8(12)13)4-9-5(2)10/h4H,3H2,1-2H3,(H,9,10)(H,12,13). The number of hydrogen-bond donors (Lipinski definition) is 2. The minimum absolute atomic E-state index is 0.0950. The Hall–Kier alpha value is -1.65. The maximum Gasteiger partial charge on any atom is 0.340 e. The third kappa shape index (κ3) is 4.05. The average molecular weight is 185 g/mol. The first-order valence-electron chi connectivity index (χ1n) is 3.72. The fraction of sp³-hybridized carbons (Fsp3) is 0.375. The van der Waals surface area contributed by atoms with E-state index in [1.807, 2.05) is 0 Å². The van der Waals surface area contributed by atoms with Gasteiger partial charge in [0.1, 0.15) is 5.57 Å². The summed E-state index contributed by atoms with van der Waals surface area (Å²) in [6.45, 7) is 2.78. The highest BCUT2D eigenvalue weighted by Crippen LogP contribution is 1.98. The van der Waals surface area contributed by atoms with E-state index in [0.717, 1.165) is 6.20 Å². The number of carbonyl (C=O) groups is 3. The minimum atomic E-state index is -1.33. The van der Waals surface area contributed by atoms with Gasteiger partial charge in [-0.05, 0) is 0 Å². The number of carboxylic acids is 1. The van der Waals surface area contributed by atoms with Crippen molar-refractivity contribution >= 4 is 17.7 Å². The zero-order valence-electron chi connectivity index (χ0n) is 7.46. The number of aliphatic carboxylic acids is 1. The summed E-state index contributed by atoms with van der Waals surface area (Å²) in [5.74, 6) is -2.26. The Labute approximate surface area is 75.4 Å². The van der Waals surface area contributed by atoms with Gasteiger partial charge in [-0.1, -0.05) is 6.92 Å². The smallest absolute Gasteiger partial charge is 0.340 e. The van der Waals surface area contributed by atoms with E-state index in [-0.39, 0.29) is 6.42 Å². The quantitative estimate of drug-likeness (QED) is 0.369. The maximum absolute atomic E-state index is 11.0. The third-order valence-electron chi connectivity index (χ3n) is 1.27. The van der Waals surface area contributed by atoms with Crippen molar-refractivity contribution in [3.63, 3.8) is 0 Å². The molecule has 0 fully saturated rings. The molecule has 5 heteroatoms. The molecule has 0 aromatic rings. The first-order chi connectivity index (χ1) is 5.99. The number of nitrogens with one attached hydrogen (secondary N) is 1. The summed E-state index contributed by atoms with van der Waals surface area (Å²) >= 11 is 0. The second-order valence-corrected chi connectivity index (χ2v) is 2.34. The number of carboxylic acid groups (broad SMARTS) is 1. The summed E-state index contributed by atoms with van der Waals surface area (Å²) < 4.78 is 0. The van der Waals surface area contributed by atoms with Gasteiger partial charge in [0.2, 0.25) is 5.91 Å². The van der Waals surface area contributed by atoms with E-state index in [1.165, 1.54) is 6.92 Å². The highest BCUT2D eigenvalue weighted by atomic mass is 16.4. The molecule has 0 radical (unpaired) electrons. The normalized spacial score (nSPS) is 10.8. The maximum atomic E-state index is 11.0. The Morgan fingerprint density at radius 3 is 2.23 bits per heavy atom. The summed E-state index contributed by atoms with van der Waals surface area (Å²) in [7, 11) is 0. The molecule has 5 nitrogen and oxygen atoms in total. The van der Waals surface area contributed by atoms with Crippen LogP contribution in [0.1, 0.15) is 20.3 Å². The molecule has 2 N–H and O–H groups in total. The van der Waals surface area contributed by atoms with E-state index < -0.39 is 23.2 Å². The van der Waals surface area contributed by atoms with Crippen LogP contribution in [0, 0.1) is 0 Å². The van der Waals surface area contributed by atoms with Crippen molar-refractivity contribution in [3.8, 4) is 0 Å². The Bertz CT molecular complexity index is 267. The van der Waals surface area contributed by atoms with Crippen LogP contribution < -0.4 is 5.32 Å². The van der Waals surface area contributed by atoms with Gasteiger partial charge in [-0.25, -0.2) is 4.79 Å². The molecular formula is C8H11NO4. The summed E-state index contributed by atoms with van der Waals surface area (Å²) in [4.78, 5) is 31.9. The molecule has 0 aromatic heterocycles. The van der Waals surface area contributed by atoms with Gasteiger partial charge in [0, 0.05) is 19.5 Å². The molecule has 13 heavy (non-hydrogen) atoms. The van der Waals surface area contributed by atoms with Crippen LogP contribution >= 0.6 is 0 Å². The second kappa shape index (κ2) is 5.08. The second-order valence-electron chi connectivity index (χ2n) is 2.34. The summed E-state index contributed by atoms with van der Waals surface area (Å²) in [6, 6.07) is 0. The first kappa shape index (κ1) is 11.4. The Morgan fingerprint density at radius 1 is 1.38 bits per heavy atom. The van der Waals surface area contributed by atoms with Gasteiger partial charge in [0.05, 0.1) is 0 Å². The molecule has 1 amide bonds. The van der Waals surface area contributed by atoms with Crippen LogP contribution in [-0.2, 0) is 14.4 Å². The van der Waals surface area contributed by atoms with Gasteiger partial charge in [-0.15, -0.1) is 0 Å². The topological polar surface area (TPSA) is 83.5 Å². The van der Waals surface area contributed by atoms with Crippen LogP contribution in [0.5, 0.6) is 0 Å². The average Bonchev–Trinajstić information content (AvgIpc) is 2.03. The molecular weight excluding hydrogens is 174 g/mol. The van der Waals surface area contributed by atoms with Crippen molar-refractivity contribution in [3.05, 3.63) is 11.8 Å². The van der Waals surface area contributed by atoms with Crippen LogP contribution in [0.3, 0.4) is 0 Å². The molecule has 0 saturated heterocycles. The van der Waals surface area contributed by atoms with Crippen molar-refractivity contribution in [2.45, 2.75) is 20.3 Å². The first-order valence-corrected chi connectivity index (χ1v) is 3.72. The third-order valence-corrected chi connectivity index (χ3v) is 1.27. The number of carbonyl (C=O) groups excluding carboxylic acids is 2. The molecule has 0 spiro atoms. The van der Waals surface area contributed by atoms with Crippen LogP contribution in [0.15, 0.2) is 11.8 Å². The highest BCUT2D eigenvalue weighted by molar-refractivity contribution is 6.16. The van der Waals surface area contributed by atoms with Gasteiger partial charge in [0.15, 0.2) is 5.78 Å². The molecule has 0 unspecified atom stereocenters. The van der Waals surface area contributed by atoms with E-state index in [9.17, 15) is 14.4 Å². The highest BCUT2D eigenvalue weighted by Gasteiger charge is 2.14. The van der Waals surface area contributed by atoms with E-state index in [0.29, 0.717) is 0 Å². The number of Topliss-reactive ketones (excluding diaryl/α,β-unsaturated/α-hetero) is 1. The molecule has 0 atom stereocenters. The van der Waals surface area contributed by atoms with Gasteiger partial charge in [-0.2, -0.15) is 0 Å². The fourth-order valence-electron chi connectivity index (χ4n) is 0.626. The summed E-state index contributed by atoms with van der Waals surface area (Å²) in [5.41, 5.74) is -0.405. The lowest BCUT2D eigenvalue weighted by atomic mass is 10.1. The largest absolute Gasteiger partial charge is 0.478 e. The predicted octanol–water partition coefficient (Wildman–Crippen LogP) is 0.0701. The van der Waals surface area contributed by atoms with Gasteiger partial charge >= 0.3 is 5.97 Å². The van der Waals surface area contributed by atoms with Crippen molar-refractivity contribution < 1.29 is 19.5 Å². The van der Waals surface area contributed by atoms with E-state index >= 15 is 0 Å². The van der Waals surface area contributed by atoms with E-state index in [2.05, 4.69) is 5.32 Å². The van der Waals surface area contributed by atoms with Crippen LogP contribution in [0.4, 0.5) is 0 Å². The molecule has 72 valence electrons. The number of hydrogen-bond acceptors (Lipinski definition) is 3. The summed E-state index contributed by atoms with van der Waals surface area (Å²) in [6.07, 6.45) is 1.01. The number of ketones is 1. The Kier molecular flexibility index (Phi) is 4.43. The van der Waals surface area contributed by atoms with Crippen molar-refractivity contribution in [1.29, 1.82) is 0 Å². The monoisotopic (exact) mass is 185 g/mol. The Morgan fingerprint density at radius 2 is 1.92 bits per heavy atom. The SMILES string of the molecule is CCC(=O)C(=CNC(C)=O)C(=O)O. The lowest BCUT2D eigenvalue weighted by Gasteiger charge is -1.98. The van der Waals surface area contributed by atoms with Crippen molar-refractivity contribution in [2.24, 2.45) is 0 Å². The van der Waals surface area contributed by atoms with Crippen LogP contribution in [-0.4, -0.2) is 22.8 Å².